The fourth-order valence-electron chi connectivity index (χ4n) is 1.89. The Hall–Kier alpha value is -1.85. The number of H-pyrrole nitrogens is 1. The van der Waals surface area contributed by atoms with E-state index in [4.69, 9.17) is 0 Å². The van der Waals surface area contributed by atoms with Crippen LogP contribution in [0.1, 0.15) is 26.2 Å². The summed E-state index contributed by atoms with van der Waals surface area (Å²) in [4.78, 5) is 29.5. The molecular weight excluding hydrogens is 220 g/mol. The molecule has 0 spiro atoms. The van der Waals surface area contributed by atoms with Gasteiger partial charge in [-0.3, -0.25) is 14.3 Å². The lowest BCUT2D eigenvalue weighted by molar-refractivity contribution is 0.611. The van der Waals surface area contributed by atoms with E-state index in [-0.39, 0.29) is 5.56 Å². The largest absolute Gasteiger partial charge is 0.329 e. The van der Waals surface area contributed by atoms with Crippen LogP contribution in [0.5, 0.6) is 0 Å². The zero-order valence-corrected chi connectivity index (χ0v) is 10.1. The van der Waals surface area contributed by atoms with Gasteiger partial charge in [0.15, 0.2) is 11.2 Å². The van der Waals surface area contributed by atoms with Crippen LogP contribution in [0.2, 0.25) is 0 Å². The molecule has 0 aliphatic carbocycles. The molecule has 0 atom stereocenters. The minimum absolute atomic E-state index is 0.364. The molecule has 0 fully saturated rings. The average molecular weight is 236 g/mol. The van der Waals surface area contributed by atoms with Gasteiger partial charge in [0.1, 0.15) is 0 Å². The Morgan fingerprint density at radius 2 is 2.12 bits per heavy atom. The molecule has 6 heteroatoms. The van der Waals surface area contributed by atoms with E-state index in [2.05, 4.69) is 16.9 Å². The van der Waals surface area contributed by atoms with Gasteiger partial charge >= 0.3 is 5.69 Å². The van der Waals surface area contributed by atoms with E-state index >= 15 is 0 Å². The first-order chi connectivity index (χ1) is 8.15. The van der Waals surface area contributed by atoms with Crippen molar-refractivity contribution in [2.45, 2.75) is 32.7 Å². The third-order valence-electron chi connectivity index (χ3n) is 2.88. The Kier molecular flexibility index (Phi) is 3.12. The van der Waals surface area contributed by atoms with Gasteiger partial charge in [0.05, 0.1) is 6.33 Å². The van der Waals surface area contributed by atoms with Crippen molar-refractivity contribution in [3.63, 3.8) is 0 Å². The topological polar surface area (TPSA) is 72.7 Å². The van der Waals surface area contributed by atoms with Crippen LogP contribution in [0.15, 0.2) is 15.9 Å². The van der Waals surface area contributed by atoms with Crippen LogP contribution in [0.3, 0.4) is 0 Å². The minimum Gasteiger partial charge on any atom is -0.325 e. The standard InChI is InChI=1S/C11H16N4O2/c1-3-4-5-6-15-7-12-9-8(15)10(16)13-11(17)14(9)2/h7H,3-6H2,1-2H3,(H,13,16,17). The Labute approximate surface area is 97.9 Å². The second-order valence-electron chi connectivity index (χ2n) is 4.14. The maximum absolute atomic E-state index is 11.7. The monoisotopic (exact) mass is 236 g/mol. The first-order valence-electron chi connectivity index (χ1n) is 5.79. The van der Waals surface area contributed by atoms with E-state index in [0.29, 0.717) is 11.2 Å². The first kappa shape index (κ1) is 11.6. The average Bonchev–Trinajstić information content (AvgIpc) is 2.71. The molecule has 0 bridgehead atoms. The van der Waals surface area contributed by atoms with E-state index in [1.807, 2.05) is 4.57 Å². The summed E-state index contributed by atoms with van der Waals surface area (Å²) in [5, 5.41) is 0. The predicted octanol–water partition coefficient (Wildman–Crippen LogP) is 0.613. The molecule has 2 aromatic heterocycles. The van der Waals surface area contributed by atoms with Gasteiger partial charge in [0, 0.05) is 13.6 Å². The molecule has 2 rings (SSSR count). The van der Waals surface area contributed by atoms with Crippen LogP contribution >= 0.6 is 0 Å². The Morgan fingerprint density at radius 3 is 2.82 bits per heavy atom. The van der Waals surface area contributed by atoms with E-state index in [1.165, 1.54) is 4.57 Å². The molecule has 0 saturated carbocycles. The van der Waals surface area contributed by atoms with Gasteiger partial charge in [-0.2, -0.15) is 0 Å². The second kappa shape index (κ2) is 4.57. The number of unbranched alkanes of at least 4 members (excludes halogenated alkanes) is 2. The molecule has 0 aliphatic rings. The molecule has 92 valence electrons. The molecule has 2 aromatic rings. The van der Waals surface area contributed by atoms with Crippen molar-refractivity contribution >= 4 is 11.2 Å². The summed E-state index contributed by atoms with van der Waals surface area (Å²) >= 11 is 0. The van der Waals surface area contributed by atoms with E-state index < -0.39 is 5.69 Å². The van der Waals surface area contributed by atoms with Crippen molar-refractivity contribution in [1.29, 1.82) is 0 Å². The quantitative estimate of drug-likeness (QED) is 0.791. The van der Waals surface area contributed by atoms with Crippen LogP contribution in [0, 0.1) is 0 Å². The van der Waals surface area contributed by atoms with Crippen LogP contribution in [0.4, 0.5) is 0 Å². The molecule has 2 heterocycles. The number of imidazole rings is 1. The van der Waals surface area contributed by atoms with E-state index in [0.717, 1.165) is 25.8 Å². The molecule has 0 amide bonds. The van der Waals surface area contributed by atoms with Gasteiger partial charge in [-0.05, 0) is 6.42 Å². The lowest BCUT2D eigenvalue weighted by Gasteiger charge is -2.03. The van der Waals surface area contributed by atoms with Crippen LogP contribution in [-0.2, 0) is 13.6 Å². The van der Waals surface area contributed by atoms with Gasteiger partial charge < -0.3 is 4.57 Å². The van der Waals surface area contributed by atoms with Crippen molar-refractivity contribution < 1.29 is 0 Å². The smallest absolute Gasteiger partial charge is 0.325 e. The second-order valence-corrected chi connectivity index (χ2v) is 4.14. The number of nitrogens with one attached hydrogen (secondary N) is 1. The number of aryl methyl sites for hydroxylation is 2. The maximum atomic E-state index is 11.7. The SMILES string of the molecule is CCCCCn1cnc2c1c(=O)[nH]c(=O)n2C. The zero-order valence-electron chi connectivity index (χ0n) is 10.1. The summed E-state index contributed by atoms with van der Waals surface area (Å²) < 4.78 is 3.16. The minimum atomic E-state index is -0.429. The number of hydrogen-bond donors (Lipinski definition) is 1. The lowest BCUT2D eigenvalue weighted by Crippen LogP contribution is -2.29. The molecular formula is C11H16N4O2. The highest BCUT2D eigenvalue weighted by atomic mass is 16.2. The van der Waals surface area contributed by atoms with Crippen molar-refractivity contribution in [1.82, 2.24) is 19.1 Å². The van der Waals surface area contributed by atoms with E-state index in [9.17, 15) is 9.59 Å². The molecule has 0 radical (unpaired) electrons. The Balaban J connectivity index is 2.50. The Morgan fingerprint density at radius 1 is 1.35 bits per heavy atom. The highest BCUT2D eigenvalue weighted by Gasteiger charge is 2.10. The molecule has 0 unspecified atom stereocenters. The van der Waals surface area contributed by atoms with Gasteiger partial charge in [-0.25, -0.2) is 9.78 Å². The van der Waals surface area contributed by atoms with E-state index in [1.54, 1.807) is 13.4 Å². The molecule has 0 aliphatic heterocycles. The van der Waals surface area contributed by atoms with Crippen LogP contribution < -0.4 is 11.2 Å². The fourth-order valence-corrected chi connectivity index (χ4v) is 1.89. The Bertz CT molecular complexity index is 635. The number of rotatable bonds is 4. The number of hydrogen-bond acceptors (Lipinski definition) is 3. The van der Waals surface area contributed by atoms with Crippen molar-refractivity contribution in [3.05, 3.63) is 27.2 Å². The fraction of sp³-hybridized carbons (Fsp3) is 0.545. The predicted molar refractivity (Wildman–Crippen MR) is 65.1 cm³/mol. The molecule has 0 saturated heterocycles. The normalized spacial score (nSPS) is 11.2. The van der Waals surface area contributed by atoms with Gasteiger partial charge in [-0.1, -0.05) is 19.8 Å². The maximum Gasteiger partial charge on any atom is 0.329 e. The number of aromatic nitrogens is 4. The first-order valence-corrected chi connectivity index (χ1v) is 5.79. The summed E-state index contributed by atoms with van der Waals surface area (Å²) in [7, 11) is 1.60. The number of fused-ring (bicyclic) bond motifs is 1. The molecule has 1 N–H and O–H groups in total. The van der Waals surface area contributed by atoms with Gasteiger partial charge in [0.2, 0.25) is 0 Å². The summed E-state index contributed by atoms with van der Waals surface area (Å²) in [5.74, 6) is 0. The van der Waals surface area contributed by atoms with Crippen molar-refractivity contribution in [2.24, 2.45) is 7.05 Å². The lowest BCUT2D eigenvalue weighted by atomic mass is 10.2. The van der Waals surface area contributed by atoms with Gasteiger partial charge in [0.25, 0.3) is 5.56 Å². The summed E-state index contributed by atoms with van der Waals surface area (Å²) in [6, 6.07) is 0. The highest BCUT2D eigenvalue weighted by molar-refractivity contribution is 5.69. The number of nitrogens with zero attached hydrogens (tertiary/aromatic N) is 3. The van der Waals surface area contributed by atoms with Crippen molar-refractivity contribution in [2.75, 3.05) is 0 Å². The highest BCUT2D eigenvalue weighted by Crippen LogP contribution is 2.07. The molecule has 6 nitrogen and oxygen atoms in total. The summed E-state index contributed by atoms with van der Waals surface area (Å²) in [6.07, 6.45) is 4.87. The third kappa shape index (κ3) is 2.02. The van der Waals surface area contributed by atoms with Crippen LogP contribution in [0.25, 0.3) is 11.2 Å². The van der Waals surface area contributed by atoms with Crippen molar-refractivity contribution in [3.8, 4) is 0 Å². The molecule has 17 heavy (non-hydrogen) atoms. The summed E-state index contributed by atoms with van der Waals surface area (Å²) in [6.45, 7) is 2.88. The number of aromatic amines is 1. The zero-order chi connectivity index (χ0) is 12.4. The third-order valence-corrected chi connectivity index (χ3v) is 2.88. The summed E-state index contributed by atoms with van der Waals surface area (Å²) in [5.41, 5.74) is 0.122. The van der Waals surface area contributed by atoms with Gasteiger partial charge in [-0.15, -0.1) is 0 Å². The molecule has 0 aromatic carbocycles. The van der Waals surface area contributed by atoms with Crippen LogP contribution in [-0.4, -0.2) is 19.1 Å².